The molecule has 1 aromatic rings. The van der Waals surface area contributed by atoms with E-state index in [4.69, 9.17) is 4.74 Å². The minimum atomic E-state index is -3.00. The number of rotatable bonds is 4. The Morgan fingerprint density at radius 3 is 2.67 bits per heavy atom. The number of phenolic OH excluding ortho intramolecular Hbond substituents is 1. The van der Waals surface area contributed by atoms with E-state index in [0.29, 0.717) is 11.3 Å². The third-order valence-electron chi connectivity index (χ3n) is 1.97. The first-order chi connectivity index (χ1) is 6.90. The van der Waals surface area contributed by atoms with E-state index < -0.39 is 9.84 Å². The maximum atomic E-state index is 10.8. The first-order valence-corrected chi connectivity index (χ1v) is 6.55. The van der Waals surface area contributed by atoms with Crippen molar-refractivity contribution in [1.82, 2.24) is 0 Å². The highest BCUT2D eigenvalue weighted by Crippen LogP contribution is 2.25. The standard InChI is InChI=1S/C10H14O4S/c1-8-9(11)4-3-5-10(8)14-6-7-15(2,12)13/h3-5,11H,6-7H2,1-2H3. The molecule has 0 amide bonds. The van der Waals surface area contributed by atoms with Crippen molar-refractivity contribution in [2.75, 3.05) is 18.6 Å². The average molecular weight is 230 g/mol. The molecule has 15 heavy (non-hydrogen) atoms. The van der Waals surface area contributed by atoms with Gasteiger partial charge in [-0.3, -0.25) is 0 Å². The first-order valence-electron chi connectivity index (χ1n) is 4.49. The molecule has 4 nitrogen and oxygen atoms in total. The summed E-state index contributed by atoms with van der Waals surface area (Å²) in [6.07, 6.45) is 1.16. The molecule has 0 bridgehead atoms. The van der Waals surface area contributed by atoms with E-state index in [1.807, 2.05) is 0 Å². The highest BCUT2D eigenvalue weighted by atomic mass is 32.2. The van der Waals surface area contributed by atoms with Crippen molar-refractivity contribution < 1.29 is 18.3 Å². The van der Waals surface area contributed by atoms with Gasteiger partial charge < -0.3 is 9.84 Å². The van der Waals surface area contributed by atoms with Crippen LogP contribution in [-0.2, 0) is 9.84 Å². The van der Waals surface area contributed by atoms with Crippen LogP contribution in [-0.4, -0.2) is 32.1 Å². The lowest BCUT2D eigenvalue weighted by molar-refractivity contribution is 0.335. The Hall–Kier alpha value is -1.23. The average Bonchev–Trinajstić information content (AvgIpc) is 2.10. The van der Waals surface area contributed by atoms with Gasteiger partial charge in [-0.1, -0.05) is 6.07 Å². The minimum absolute atomic E-state index is 0.0257. The van der Waals surface area contributed by atoms with Gasteiger partial charge in [0.05, 0.1) is 5.75 Å². The second kappa shape index (κ2) is 4.53. The maximum Gasteiger partial charge on any atom is 0.150 e. The normalized spacial score (nSPS) is 11.3. The second-order valence-corrected chi connectivity index (χ2v) is 5.64. The molecule has 0 aliphatic carbocycles. The number of ether oxygens (including phenoxy) is 1. The summed E-state index contributed by atoms with van der Waals surface area (Å²) in [7, 11) is -3.00. The number of hydrogen-bond donors (Lipinski definition) is 1. The van der Waals surface area contributed by atoms with Crippen molar-refractivity contribution in [3.05, 3.63) is 23.8 Å². The van der Waals surface area contributed by atoms with Gasteiger partial charge in [0.1, 0.15) is 18.1 Å². The predicted molar refractivity (Wildman–Crippen MR) is 58.0 cm³/mol. The molecule has 0 aliphatic heterocycles. The molecule has 1 aromatic carbocycles. The number of phenols is 1. The van der Waals surface area contributed by atoms with Gasteiger partial charge in [0.15, 0.2) is 9.84 Å². The summed E-state index contributed by atoms with van der Waals surface area (Å²) in [6.45, 7) is 1.81. The van der Waals surface area contributed by atoms with Crippen LogP contribution in [0.25, 0.3) is 0 Å². The number of aromatic hydroxyl groups is 1. The fourth-order valence-electron chi connectivity index (χ4n) is 1.06. The van der Waals surface area contributed by atoms with Crippen LogP contribution in [0, 0.1) is 6.92 Å². The van der Waals surface area contributed by atoms with E-state index >= 15 is 0 Å². The van der Waals surface area contributed by atoms with Gasteiger partial charge in [0, 0.05) is 11.8 Å². The van der Waals surface area contributed by atoms with Crippen molar-refractivity contribution in [3.8, 4) is 11.5 Å². The van der Waals surface area contributed by atoms with Gasteiger partial charge in [0.2, 0.25) is 0 Å². The van der Waals surface area contributed by atoms with Crippen LogP contribution in [0.5, 0.6) is 11.5 Å². The Balaban J connectivity index is 2.62. The van der Waals surface area contributed by atoms with Crippen LogP contribution in [0.1, 0.15) is 5.56 Å². The summed E-state index contributed by atoms with van der Waals surface area (Å²) < 4.78 is 26.9. The molecule has 0 unspecified atom stereocenters. The molecule has 0 aromatic heterocycles. The highest BCUT2D eigenvalue weighted by Gasteiger charge is 2.06. The Labute approximate surface area is 89.4 Å². The summed E-state index contributed by atoms with van der Waals surface area (Å²) in [4.78, 5) is 0. The molecule has 1 rings (SSSR count). The molecule has 0 saturated carbocycles. The van der Waals surface area contributed by atoms with Gasteiger partial charge in [-0.2, -0.15) is 0 Å². The SMILES string of the molecule is Cc1c(O)cccc1OCCS(C)(=O)=O. The van der Waals surface area contributed by atoms with Gasteiger partial charge in [-0.05, 0) is 19.1 Å². The number of hydrogen-bond acceptors (Lipinski definition) is 4. The fourth-order valence-corrected chi connectivity index (χ4v) is 1.45. The van der Waals surface area contributed by atoms with Gasteiger partial charge >= 0.3 is 0 Å². The lowest BCUT2D eigenvalue weighted by Gasteiger charge is -2.09. The van der Waals surface area contributed by atoms with Crippen LogP contribution < -0.4 is 4.74 Å². The van der Waals surface area contributed by atoms with Crippen molar-refractivity contribution in [2.24, 2.45) is 0 Å². The summed E-state index contributed by atoms with van der Waals surface area (Å²) in [5.41, 5.74) is 0.617. The zero-order valence-electron chi connectivity index (χ0n) is 8.73. The molecule has 84 valence electrons. The predicted octanol–water partition coefficient (Wildman–Crippen LogP) is 1.12. The third-order valence-corrected chi connectivity index (χ3v) is 2.88. The van der Waals surface area contributed by atoms with Crippen LogP contribution in [0.2, 0.25) is 0 Å². The monoisotopic (exact) mass is 230 g/mol. The summed E-state index contributed by atoms with van der Waals surface area (Å²) in [5.74, 6) is 0.632. The van der Waals surface area contributed by atoms with Crippen LogP contribution >= 0.6 is 0 Å². The molecule has 0 aliphatic rings. The Morgan fingerprint density at radius 2 is 2.07 bits per heavy atom. The van der Waals surface area contributed by atoms with Gasteiger partial charge in [-0.25, -0.2) is 8.42 Å². The van der Waals surface area contributed by atoms with Crippen molar-refractivity contribution in [2.45, 2.75) is 6.92 Å². The smallest absolute Gasteiger partial charge is 0.150 e. The van der Waals surface area contributed by atoms with E-state index in [1.54, 1.807) is 25.1 Å². The fraction of sp³-hybridized carbons (Fsp3) is 0.400. The molecule has 0 atom stereocenters. The summed E-state index contributed by atoms with van der Waals surface area (Å²) >= 11 is 0. The molecule has 0 heterocycles. The molecular formula is C10H14O4S. The quantitative estimate of drug-likeness (QED) is 0.842. The Morgan fingerprint density at radius 1 is 1.40 bits per heavy atom. The lowest BCUT2D eigenvalue weighted by Crippen LogP contribution is -2.12. The largest absolute Gasteiger partial charge is 0.508 e. The van der Waals surface area contributed by atoms with Crippen LogP contribution in [0.4, 0.5) is 0 Å². The van der Waals surface area contributed by atoms with E-state index in [0.717, 1.165) is 6.26 Å². The summed E-state index contributed by atoms with van der Waals surface area (Å²) in [6, 6.07) is 4.90. The van der Waals surface area contributed by atoms with Crippen molar-refractivity contribution in [3.63, 3.8) is 0 Å². The van der Waals surface area contributed by atoms with Gasteiger partial charge in [-0.15, -0.1) is 0 Å². The second-order valence-electron chi connectivity index (χ2n) is 3.38. The zero-order valence-corrected chi connectivity index (χ0v) is 9.54. The number of benzene rings is 1. The third kappa shape index (κ3) is 3.79. The minimum Gasteiger partial charge on any atom is -0.508 e. The molecular weight excluding hydrogens is 216 g/mol. The Bertz CT molecular complexity index is 437. The molecule has 0 fully saturated rings. The highest BCUT2D eigenvalue weighted by molar-refractivity contribution is 7.90. The topological polar surface area (TPSA) is 63.6 Å². The Kier molecular flexibility index (Phi) is 3.57. The van der Waals surface area contributed by atoms with E-state index in [9.17, 15) is 13.5 Å². The first kappa shape index (κ1) is 11.8. The van der Waals surface area contributed by atoms with Crippen molar-refractivity contribution >= 4 is 9.84 Å². The molecule has 1 N–H and O–H groups in total. The van der Waals surface area contributed by atoms with Crippen LogP contribution in [0.15, 0.2) is 18.2 Å². The van der Waals surface area contributed by atoms with Crippen LogP contribution in [0.3, 0.4) is 0 Å². The molecule has 5 heteroatoms. The van der Waals surface area contributed by atoms with E-state index in [-0.39, 0.29) is 18.1 Å². The summed E-state index contributed by atoms with van der Waals surface area (Å²) in [5, 5.41) is 9.36. The molecule has 0 saturated heterocycles. The van der Waals surface area contributed by atoms with Crippen molar-refractivity contribution in [1.29, 1.82) is 0 Å². The maximum absolute atomic E-state index is 10.8. The van der Waals surface area contributed by atoms with E-state index in [2.05, 4.69) is 0 Å². The van der Waals surface area contributed by atoms with E-state index in [1.165, 1.54) is 0 Å². The van der Waals surface area contributed by atoms with Gasteiger partial charge in [0.25, 0.3) is 0 Å². The molecule has 0 spiro atoms. The zero-order chi connectivity index (χ0) is 11.5. The number of sulfone groups is 1. The lowest BCUT2D eigenvalue weighted by atomic mass is 10.2. The molecule has 0 radical (unpaired) electrons.